The van der Waals surface area contributed by atoms with Crippen LogP contribution in [0.4, 0.5) is 8.78 Å². The van der Waals surface area contributed by atoms with E-state index in [0.717, 1.165) is 32.0 Å². The second kappa shape index (κ2) is 6.93. The minimum atomic E-state index is -0.858. The topological polar surface area (TPSA) is 43.8 Å². The maximum absolute atomic E-state index is 13.7. The molecule has 0 unspecified atom stereocenters. The van der Waals surface area contributed by atoms with Crippen LogP contribution in [-0.2, 0) is 11.3 Å². The summed E-state index contributed by atoms with van der Waals surface area (Å²) in [4.78, 5) is 15.9. The van der Waals surface area contributed by atoms with Crippen LogP contribution in [0, 0.1) is 17.6 Å². The highest BCUT2D eigenvalue weighted by Crippen LogP contribution is 2.25. The number of amides is 1. The van der Waals surface area contributed by atoms with Gasteiger partial charge in [-0.1, -0.05) is 12.1 Å². The molecule has 0 saturated carbocycles. The number of benzene rings is 1. The highest BCUT2D eigenvalue weighted by Gasteiger charge is 2.34. The molecule has 0 radical (unpaired) electrons. The Balaban J connectivity index is 1.57. The fourth-order valence-electron chi connectivity index (χ4n) is 3.50. The van der Waals surface area contributed by atoms with Crippen LogP contribution >= 0.6 is 0 Å². The molecule has 0 bridgehead atoms. The molecule has 0 spiro atoms. The minimum absolute atomic E-state index is 0.0883. The van der Waals surface area contributed by atoms with Crippen molar-refractivity contribution in [2.24, 2.45) is 5.92 Å². The van der Waals surface area contributed by atoms with E-state index in [-0.39, 0.29) is 23.9 Å². The molecule has 6 heteroatoms. The normalized spacial score (nSPS) is 25.3. The molecular weight excluding hydrogens is 302 g/mol. The third-order valence-electron chi connectivity index (χ3n) is 4.80. The van der Waals surface area contributed by atoms with Crippen LogP contribution in [0.25, 0.3) is 0 Å². The zero-order chi connectivity index (χ0) is 16.4. The Morgan fingerprint density at radius 3 is 2.70 bits per heavy atom. The lowest BCUT2D eigenvalue weighted by Gasteiger charge is -2.19. The van der Waals surface area contributed by atoms with E-state index >= 15 is 0 Å². The quantitative estimate of drug-likeness (QED) is 0.918. The number of rotatable bonds is 4. The van der Waals surface area contributed by atoms with E-state index in [4.69, 9.17) is 0 Å². The monoisotopic (exact) mass is 324 g/mol. The van der Waals surface area contributed by atoms with Gasteiger partial charge in [0.15, 0.2) is 11.6 Å². The molecule has 1 aromatic carbocycles. The molecule has 0 aliphatic carbocycles. The Morgan fingerprint density at radius 2 is 1.96 bits per heavy atom. The van der Waals surface area contributed by atoms with E-state index in [1.807, 2.05) is 9.80 Å². The van der Waals surface area contributed by atoms with Gasteiger partial charge in [0.2, 0.25) is 5.91 Å². The lowest BCUT2D eigenvalue weighted by Crippen LogP contribution is -2.32. The van der Waals surface area contributed by atoms with Crippen LogP contribution in [0.5, 0.6) is 0 Å². The first kappa shape index (κ1) is 16.3. The Labute approximate surface area is 134 Å². The van der Waals surface area contributed by atoms with Crippen LogP contribution in [0.15, 0.2) is 18.2 Å². The zero-order valence-electron chi connectivity index (χ0n) is 13.0. The molecule has 2 saturated heterocycles. The van der Waals surface area contributed by atoms with Crippen LogP contribution in [0.1, 0.15) is 24.8 Å². The molecule has 2 aliphatic rings. The van der Waals surface area contributed by atoms with Crippen molar-refractivity contribution in [3.05, 3.63) is 35.4 Å². The third kappa shape index (κ3) is 3.70. The van der Waals surface area contributed by atoms with E-state index in [1.54, 1.807) is 6.07 Å². The Kier molecular flexibility index (Phi) is 4.92. The van der Waals surface area contributed by atoms with Crippen molar-refractivity contribution >= 4 is 5.91 Å². The minimum Gasteiger partial charge on any atom is -0.391 e. The molecule has 3 rings (SSSR count). The van der Waals surface area contributed by atoms with Crippen molar-refractivity contribution in [1.82, 2.24) is 9.80 Å². The number of β-amino-alcohol motifs (C(OH)–C–C–N with tert-alkyl or cyclic N) is 1. The maximum Gasteiger partial charge on any atom is 0.222 e. The van der Waals surface area contributed by atoms with Crippen LogP contribution in [-0.4, -0.2) is 53.1 Å². The summed E-state index contributed by atoms with van der Waals surface area (Å²) in [5.41, 5.74) is 0.281. The molecule has 2 fully saturated rings. The molecule has 1 amide bonds. The first-order valence-corrected chi connectivity index (χ1v) is 8.15. The van der Waals surface area contributed by atoms with Gasteiger partial charge in [-0.25, -0.2) is 8.78 Å². The van der Waals surface area contributed by atoms with Crippen molar-refractivity contribution in [3.8, 4) is 0 Å². The second-order valence-corrected chi connectivity index (χ2v) is 6.53. The average Bonchev–Trinajstić information content (AvgIpc) is 3.15. The Morgan fingerprint density at radius 1 is 1.22 bits per heavy atom. The van der Waals surface area contributed by atoms with Gasteiger partial charge in [0.05, 0.1) is 6.10 Å². The summed E-state index contributed by atoms with van der Waals surface area (Å²) in [7, 11) is 0. The highest BCUT2D eigenvalue weighted by atomic mass is 19.2. The SMILES string of the molecule is O=C(C[C@H]1CN(Cc2cccc(F)c2F)C[C@@H]1O)N1CCCC1. The highest BCUT2D eigenvalue weighted by molar-refractivity contribution is 5.76. The number of carbonyl (C=O) groups excluding carboxylic acids is 1. The van der Waals surface area contributed by atoms with Gasteiger partial charge < -0.3 is 10.0 Å². The second-order valence-electron chi connectivity index (χ2n) is 6.53. The zero-order valence-corrected chi connectivity index (χ0v) is 13.0. The van der Waals surface area contributed by atoms with Gasteiger partial charge in [-0.15, -0.1) is 0 Å². The summed E-state index contributed by atoms with van der Waals surface area (Å²) in [6.45, 7) is 2.76. The van der Waals surface area contributed by atoms with Gasteiger partial charge in [0.25, 0.3) is 0 Å². The molecule has 1 aromatic rings. The summed E-state index contributed by atoms with van der Waals surface area (Å²) >= 11 is 0. The average molecular weight is 324 g/mol. The van der Waals surface area contributed by atoms with Gasteiger partial charge in [-0.05, 0) is 18.9 Å². The number of aliphatic hydroxyl groups is 1. The van der Waals surface area contributed by atoms with Gasteiger partial charge in [0, 0.05) is 50.6 Å². The maximum atomic E-state index is 13.7. The van der Waals surface area contributed by atoms with Crippen molar-refractivity contribution in [1.29, 1.82) is 0 Å². The molecule has 2 atom stereocenters. The van der Waals surface area contributed by atoms with Crippen molar-refractivity contribution in [3.63, 3.8) is 0 Å². The third-order valence-corrected chi connectivity index (χ3v) is 4.80. The summed E-state index contributed by atoms with van der Waals surface area (Å²) in [5, 5.41) is 10.2. The van der Waals surface area contributed by atoms with Crippen molar-refractivity contribution < 1.29 is 18.7 Å². The molecule has 23 heavy (non-hydrogen) atoms. The summed E-state index contributed by atoms with van der Waals surface area (Å²) in [6, 6.07) is 4.12. The number of halogens is 2. The van der Waals surface area contributed by atoms with Crippen LogP contribution in [0.3, 0.4) is 0 Å². The Hall–Kier alpha value is -1.53. The molecule has 1 N–H and O–H groups in total. The standard InChI is InChI=1S/C17H22F2N2O2/c18-14-5-3-4-12(17(14)19)9-20-10-13(15(22)11-20)8-16(23)21-6-1-2-7-21/h3-5,13,15,22H,1-2,6-11H2/t13-,15-/m0/s1. The number of hydrogen-bond acceptors (Lipinski definition) is 3. The van der Waals surface area contributed by atoms with E-state index in [2.05, 4.69) is 0 Å². The van der Waals surface area contributed by atoms with E-state index in [1.165, 1.54) is 6.07 Å². The predicted molar refractivity (Wildman–Crippen MR) is 81.6 cm³/mol. The number of likely N-dealkylation sites (tertiary alicyclic amines) is 2. The molecule has 2 heterocycles. The molecule has 126 valence electrons. The van der Waals surface area contributed by atoms with Crippen molar-refractivity contribution in [2.45, 2.75) is 31.9 Å². The smallest absolute Gasteiger partial charge is 0.222 e. The molecule has 4 nitrogen and oxygen atoms in total. The summed E-state index contributed by atoms with van der Waals surface area (Å²) in [6.07, 6.45) is 1.81. The largest absolute Gasteiger partial charge is 0.391 e. The van der Waals surface area contributed by atoms with Gasteiger partial charge in [-0.3, -0.25) is 9.69 Å². The van der Waals surface area contributed by atoms with Gasteiger partial charge in [-0.2, -0.15) is 0 Å². The first-order valence-electron chi connectivity index (χ1n) is 8.15. The first-order chi connectivity index (χ1) is 11.0. The van der Waals surface area contributed by atoms with E-state index < -0.39 is 17.7 Å². The molecular formula is C17H22F2N2O2. The number of aliphatic hydroxyl groups excluding tert-OH is 1. The predicted octanol–water partition coefficient (Wildman–Crippen LogP) is 1.77. The number of carbonyl (C=O) groups is 1. The van der Waals surface area contributed by atoms with Crippen LogP contribution in [0.2, 0.25) is 0 Å². The van der Waals surface area contributed by atoms with Gasteiger partial charge >= 0.3 is 0 Å². The summed E-state index contributed by atoms with van der Waals surface area (Å²) in [5.74, 6) is -1.74. The Bertz CT molecular complexity index is 576. The lowest BCUT2D eigenvalue weighted by molar-refractivity contribution is -0.131. The fourth-order valence-corrected chi connectivity index (χ4v) is 3.50. The number of hydrogen-bond donors (Lipinski definition) is 1. The van der Waals surface area contributed by atoms with Gasteiger partial charge in [0.1, 0.15) is 0 Å². The summed E-state index contributed by atoms with van der Waals surface area (Å²) < 4.78 is 27.0. The molecule has 2 aliphatic heterocycles. The fraction of sp³-hybridized carbons (Fsp3) is 0.588. The molecule has 0 aromatic heterocycles. The van der Waals surface area contributed by atoms with Crippen molar-refractivity contribution in [2.75, 3.05) is 26.2 Å². The van der Waals surface area contributed by atoms with Crippen LogP contribution < -0.4 is 0 Å². The van der Waals surface area contributed by atoms with E-state index in [0.29, 0.717) is 19.5 Å². The number of nitrogens with zero attached hydrogens (tertiary/aromatic N) is 2. The van der Waals surface area contributed by atoms with E-state index in [9.17, 15) is 18.7 Å². The lowest BCUT2D eigenvalue weighted by atomic mass is 10.0.